The maximum absolute atomic E-state index is 11.8. The molecule has 1 aromatic heterocycles. The quantitative estimate of drug-likeness (QED) is 0.855. The molecule has 1 amide bonds. The molecule has 0 saturated heterocycles. The summed E-state index contributed by atoms with van der Waals surface area (Å²) in [5.74, 6) is -0.214. The van der Waals surface area contributed by atoms with Gasteiger partial charge in [-0.25, -0.2) is 0 Å². The highest BCUT2D eigenvalue weighted by Crippen LogP contribution is 2.20. The summed E-state index contributed by atoms with van der Waals surface area (Å²) in [7, 11) is 1.67. The van der Waals surface area contributed by atoms with Gasteiger partial charge in [0.15, 0.2) is 0 Å². The minimum absolute atomic E-state index is 0.0120. The van der Waals surface area contributed by atoms with Crippen LogP contribution < -0.4 is 5.32 Å². The maximum Gasteiger partial charge on any atom is 0.256 e. The van der Waals surface area contributed by atoms with Gasteiger partial charge in [-0.3, -0.25) is 4.79 Å². The van der Waals surface area contributed by atoms with Gasteiger partial charge in [0.25, 0.3) is 5.91 Å². The van der Waals surface area contributed by atoms with E-state index in [-0.39, 0.29) is 16.5 Å². The summed E-state index contributed by atoms with van der Waals surface area (Å²) in [6.07, 6.45) is 2.27. The zero-order valence-corrected chi connectivity index (χ0v) is 11.1. The van der Waals surface area contributed by atoms with Gasteiger partial charge in [-0.05, 0) is 29.5 Å². The lowest BCUT2D eigenvalue weighted by Gasteiger charge is -2.24. The Morgan fingerprint density at radius 2 is 2.29 bits per heavy atom. The van der Waals surface area contributed by atoms with Crippen molar-refractivity contribution in [1.82, 2.24) is 5.32 Å². The second kappa shape index (κ2) is 6.07. The molecular weight excluding hydrogens is 242 g/mol. The van der Waals surface area contributed by atoms with Crippen molar-refractivity contribution < 1.29 is 13.9 Å². The molecule has 4 nitrogen and oxygen atoms in total. The first-order valence-corrected chi connectivity index (χ1v) is 5.84. The molecule has 1 heterocycles. The van der Waals surface area contributed by atoms with Crippen LogP contribution in [0.15, 0.2) is 16.7 Å². The van der Waals surface area contributed by atoms with Gasteiger partial charge in [0.1, 0.15) is 0 Å². The van der Waals surface area contributed by atoms with Crippen LogP contribution in [0.3, 0.4) is 0 Å². The predicted molar refractivity (Wildman–Crippen MR) is 66.3 cm³/mol. The number of halogens is 1. The molecule has 0 radical (unpaired) electrons. The molecule has 17 heavy (non-hydrogen) atoms. The summed E-state index contributed by atoms with van der Waals surface area (Å²) < 4.78 is 9.89. The minimum atomic E-state index is -0.214. The summed E-state index contributed by atoms with van der Waals surface area (Å²) in [6, 6.07) is 1.56. The second-order valence-corrected chi connectivity index (χ2v) is 5.04. The Morgan fingerprint density at radius 1 is 1.59 bits per heavy atom. The number of ether oxygens (including phenoxy) is 1. The van der Waals surface area contributed by atoms with E-state index in [4.69, 9.17) is 20.8 Å². The number of hydrogen-bond acceptors (Lipinski definition) is 3. The van der Waals surface area contributed by atoms with Crippen molar-refractivity contribution in [3.05, 3.63) is 23.1 Å². The molecule has 1 N–H and O–H groups in total. The second-order valence-electron chi connectivity index (χ2n) is 4.70. The number of nitrogens with one attached hydrogen (secondary N) is 1. The van der Waals surface area contributed by atoms with Crippen LogP contribution in [0.25, 0.3) is 0 Å². The van der Waals surface area contributed by atoms with Crippen LogP contribution in [-0.2, 0) is 4.74 Å². The molecular formula is C12H18ClNO3. The highest BCUT2D eigenvalue weighted by molar-refractivity contribution is 6.32. The van der Waals surface area contributed by atoms with E-state index in [2.05, 4.69) is 19.2 Å². The van der Waals surface area contributed by atoms with E-state index >= 15 is 0 Å². The average Bonchev–Trinajstić information content (AvgIpc) is 2.70. The van der Waals surface area contributed by atoms with Crippen molar-refractivity contribution >= 4 is 17.5 Å². The summed E-state index contributed by atoms with van der Waals surface area (Å²) >= 11 is 5.72. The smallest absolute Gasteiger partial charge is 0.256 e. The zero-order valence-electron chi connectivity index (χ0n) is 10.4. The zero-order chi connectivity index (χ0) is 12.9. The SMILES string of the molecule is COCCC(C)(C)CNC(=O)c1ccoc1Cl. The molecule has 0 aliphatic carbocycles. The number of furan rings is 1. The lowest BCUT2D eigenvalue weighted by molar-refractivity contribution is 0.0920. The first kappa shape index (κ1) is 14.1. The van der Waals surface area contributed by atoms with Gasteiger partial charge in [0.2, 0.25) is 5.22 Å². The summed E-state index contributed by atoms with van der Waals surface area (Å²) in [6.45, 7) is 5.39. The number of amides is 1. The van der Waals surface area contributed by atoms with Crippen molar-refractivity contribution in [2.24, 2.45) is 5.41 Å². The van der Waals surface area contributed by atoms with Gasteiger partial charge < -0.3 is 14.5 Å². The summed E-state index contributed by atoms with van der Waals surface area (Å²) in [5.41, 5.74) is 0.358. The Morgan fingerprint density at radius 3 is 2.82 bits per heavy atom. The number of carbonyl (C=O) groups excluding carboxylic acids is 1. The molecule has 96 valence electrons. The van der Waals surface area contributed by atoms with Gasteiger partial charge in [-0.1, -0.05) is 13.8 Å². The minimum Gasteiger partial charge on any atom is -0.452 e. The van der Waals surface area contributed by atoms with Crippen LogP contribution in [-0.4, -0.2) is 26.2 Å². The molecule has 0 unspecified atom stereocenters. The van der Waals surface area contributed by atoms with Gasteiger partial charge in [-0.15, -0.1) is 0 Å². The fourth-order valence-corrected chi connectivity index (χ4v) is 1.54. The summed E-state index contributed by atoms with van der Waals surface area (Å²) in [4.78, 5) is 11.8. The fourth-order valence-electron chi connectivity index (χ4n) is 1.34. The van der Waals surface area contributed by atoms with Crippen LogP contribution in [0.4, 0.5) is 0 Å². The molecule has 5 heteroatoms. The lowest BCUT2D eigenvalue weighted by atomic mass is 9.89. The van der Waals surface area contributed by atoms with Gasteiger partial charge in [0.05, 0.1) is 11.8 Å². The molecule has 0 fully saturated rings. The van der Waals surface area contributed by atoms with Crippen molar-refractivity contribution in [3.63, 3.8) is 0 Å². The van der Waals surface area contributed by atoms with E-state index in [1.807, 2.05) is 0 Å². The van der Waals surface area contributed by atoms with Crippen molar-refractivity contribution in [2.45, 2.75) is 20.3 Å². The van der Waals surface area contributed by atoms with Crippen LogP contribution >= 0.6 is 11.6 Å². The van der Waals surface area contributed by atoms with Gasteiger partial charge >= 0.3 is 0 Å². The summed E-state index contributed by atoms with van der Waals surface area (Å²) in [5, 5.41) is 2.96. The number of hydrogen-bond donors (Lipinski definition) is 1. The Bertz CT molecular complexity index is 374. The topological polar surface area (TPSA) is 51.5 Å². The van der Waals surface area contributed by atoms with E-state index in [1.165, 1.54) is 6.26 Å². The predicted octanol–water partition coefficient (Wildman–Crippen LogP) is 2.73. The molecule has 1 rings (SSSR count). The van der Waals surface area contributed by atoms with Gasteiger partial charge in [-0.2, -0.15) is 0 Å². The van der Waals surface area contributed by atoms with Gasteiger partial charge in [0, 0.05) is 20.3 Å². The maximum atomic E-state index is 11.8. The third kappa shape index (κ3) is 4.40. The highest BCUT2D eigenvalue weighted by Gasteiger charge is 2.20. The van der Waals surface area contributed by atoms with Crippen LogP contribution in [0.1, 0.15) is 30.6 Å². The average molecular weight is 260 g/mol. The van der Waals surface area contributed by atoms with E-state index in [1.54, 1.807) is 13.2 Å². The van der Waals surface area contributed by atoms with E-state index in [0.717, 1.165) is 6.42 Å². The van der Waals surface area contributed by atoms with E-state index < -0.39 is 0 Å². The molecule has 0 aromatic carbocycles. The third-order valence-electron chi connectivity index (χ3n) is 2.57. The van der Waals surface area contributed by atoms with Crippen LogP contribution in [0.2, 0.25) is 5.22 Å². The normalized spacial score (nSPS) is 11.5. The molecule has 0 spiro atoms. The Labute approximate surface area is 106 Å². The van der Waals surface area contributed by atoms with E-state index in [9.17, 15) is 4.79 Å². The highest BCUT2D eigenvalue weighted by atomic mass is 35.5. The molecule has 1 aromatic rings. The lowest BCUT2D eigenvalue weighted by Crippen LogP contribution is -2.34. The Balaban J connectivity index is 2.45. The van der Waals surface area contributed by atoms with Crippen LogP contribution in [0, 0.1) is 5.41 Å². The Kier molecular flexibility index (Phi) is 5.02. The first-order chi connectivity index (χ1) is 7.96. The molecule has 0 saturated carbocycles. The standard InChI is InChI=1S/C12H18ClNO3/c1-12(2,5-7-16-3)8-14-11(15)9-4-6-17-10(9)13/h4,6H,5,7-8H2,1-3H3,(H,14,15). The van der Waals surface area contributed by atoms with Crippen molar-refractivity contribution in [1.29, 1.82) is 0 Å². The third-order valence-corrected chi connectivity index (χ3v) is 2.87. The number of carbonyl (C=O) groups is 1. The largest absolute Gasteiger partial charge is 0.452 e. The fraction of sp³-hybridized carbons (Fsp3) is 0.583. The monoisotopic (exact) mass is 259 g/mol. The molecule has 0 aliphatic heterocycles. The van der Waals surface area contributed by atoms with Crippen molar-refractivity contribution in [2.75, 3.05) is 20.3 Å². The molecule has 0 aliphatic rings. The molecule has 0 atom stereocenters. The van der Waals surface area contributed by atoms with Crippen LogP contribution in [0.5, 0.6) is 0 Å². The first-order valence-electron chi connectivity index (χ1n) is 5.46. The van der Waals surface area contributed by atoms with E-state index in [0.29, 0.717) is 18.7 Å². The molecule has 0 bridgehead atoms. The number of methoxy groups -OCH3 is 1. The Hall–Kier alpha value is -1.00. The van der Waals surface area contributed by atoms with Crippen molar-refractivity contribution in [3.8, 4) is 0 Å². The number of rotatable bonds is 6.